The topological polar surface area (TPSA) is 124 Å². The molecule has 0 aromatic heterocycles. The summed E-state index contributed by atoms with van der Waals surface area (Å²) in [6, 6.07) is 4.26. The first kappa shape index (κ1) is 25.5. The molecule has 2 aliphatic heterocycles. The van der Waals surface area contributed by atoms with Crippen LogP contribution in [-0.4, -0.2) is 85.0 Å². The van der Waals surface area contributed by atoms with Crippen molar-refractivity contribution in [1.29, 1.82) is 5.41 Å². The molecule has 1 aromatic carbocycles. The van der Waals surface area contributed by atoms with Crippen LogP contribution >= 0.6 is 35.0 Å². The number of nitrogens with one attached hydrogen (secondary N) is 2. The number of morpholine rings is 1. The molecule has 0 bridgehead atoms. The van der Waals surface area contributed by atoms with Crippen LogP contribution in [0.2, 0.25) is 10.0 Å². The third kappa shape index (κ3) is 6.48. The summed E-state index contributed by atoms with van der Waals surface area (Å²) in [5.41, 5.74) is 1.45. The number of hydrogen-bond acceptors (Lipinski definition) is 9. The van der Waals surface area contributed by atoms with Gasteiger partial charge in [-0.15, -0.1) is 11.8 Å². The van der Waals surface area contributed by atoms with Crippen LogP contribution in [-0.2, 0) is 19.1 Å². The molecular formula is C21H24Cl2N4O5S. The maximum atomic E-state index is 12.9. The predicted octanol–water partition coefficient (Wildman–Crippen LogP) is 2.63. The zero-order valence-electron chi connectivity index (χ0n) is 17.8. The highest BCUT2D eigenvalue weighted by atomic mass is 35.5. The van der Waals surface area contributed by atoms with Crippen LogP contribution in [0.25, 0.3) is 0 Å². The fourth-order valence-corrected chi connectivity index (χ4v) is 4.67. The van der Waals surface area contributed by atoms with E-state index >= 15 is 0 Å². The number of carbonyl (C=O) groups is 2. The molecule has 33 heavy (non-hydrogen) atoms. The summed E-state index contributed by atoms with van der Waals surface area (Å²) < 4.78 is 10.4. The fourth-order valence-electron chi connectivity index (χ4n) is 3.58. The Kier molecular flexibility index (Phi) is 9.16. The fraction of sp³-hybridized carbons (Fsp3) is 0.429. The molecule has 3 N–H and O–H groups in total. The summed E-state index contributed by atoms with van der Waals surface area (Å²) in [4.78, 5) is 30.9. The molecule has 0 amide bonds. The molecule has 2 aliphatic rings. The molecule has 2 heterocycles. The Bertz CT molecular complexity index is 987. The van der Waals surface area contributed by atoms with Gasteiger partial charge in [-0.25, -0.2) is 9.59 Å². The largest absolute Gasteiger partial charge is 0.479 e. The van der Waals surface area contributed by atoms with E-state index in [4.69, 9.17) is 43.1 Å². The number of ether oxygens (including phenoxy) is 2. The maximum absolute atomic E-state index is 12.9. The molecule has 3 rings (SSSR count). The first-order valence-corrected chi connectivity index (χ1v) is 12.0. The summed E-state index contributed by atoms with van der Waals surface area (Å²) in [6.07, 6.45) is 0.361. The molecule has 9 nitrogen and oxygen atoms in total. The summed E-state index contributed by atoms with van der Waals surface area (Å²) >= 11 is 14.0. The molecule has 1 saturated heterocycles. The van der Waals surface area contributed by atoms with Crippen LogP contribution in [0.3, 0.4) is 0 Å². The van der Waals surface area contributed by atoms with Gasteiger partial charge in [0.1, 0.15) is 11.9 Å². The molecule has 2 atom stereocenters. The van der Waals surface area contributed by atoms with Crippen molar-refractivity contribution < 1.29 is 24.2 Å². The standard InChI is InChI=1S/C21H24Cl2N4O5S/c1-31-21(30)18-15(9-27-5-6-32-16(10-27)20(28)29)25-17(11-33-7-4-24)26-19(18)13-3-2-12(22)8-14(13)23/h2-4,8,16,19,24H,5-7,9-11H2,1H3,(H,25,26)(H,28,29). The first-order chi connectivity index (χ1) is 15.8. The van der Waals surface area contributed by atoms with Crippen molar-refractivity contribution in [1.82, 2.24) is 10.2 Å². The Balaban J connectivity index is 2.00. The van der Waals surface area contributed by atoms with Crippen molar-refractivity contribution in [2.24, 2.45) is 4.99 Å². The van der Waals surface area contributed by atoms with Crippen molar-refractivity contribution >= 4 is 59.0 Å². The van der Waals surface area contributed by atoms with E-state index in [0.717, 1.165) is 0 Å². The van der Waals surface area contributed by atoms with Gasteiger partial charge < -0.3 is 25.3 Å². The van der Waals surface area contributed by atoms with Gasteiger partial charge in [-0.05, 0) is 12.1 Å². The molecule has 2 unspecified atom stereocenters. The number of benzene rings is 1. The van der Waals surface area contributed by atoms with E-state index in [-0.39, 0.29) is 19.7 Å². The third-order valence-corrected chi connectivity index (χ3v) is 6.53. The summed E-state index contributed by atoms with van der Waals surface area (Å²) in [7, 11) is 1.29. The number of carboxylic acids is 1. The number of aliphatic carboxylic acids is 1. The molecule has 0 spiro atoms. The van der Waals surface area contributed by atoms with Crippen LogP contribution in [0.15, 0.2) is 34.5 Å². The molecule has 1 aromatic rings. The maximum Gasteiger partial charge on any atom is 0.338 e. The average Bonchev–Trinajstić information content (AvgIpc) is 2.78. The van der Waals surface area contributed by atoms with E-state index in [0.29, 0.717) is 50.8 Å². The minimum Gasteiger partial charge on any atom is -0.479 e. The Hall–Kier alpha value is -2.11. The van der Waals surface area contributed by atoms with E-state index in [1.807, 2.05) is 4.90 Å². The average molecular weight is 515 g/mol. The van der Waals surface area contributed by atoms with Crippen molar-refractivity contribution in [3.63, 3.8) is 0 Å². The van der Waals surface area contributed by atoms with Gasteiger partial charge in [0.2, 0.25) is 0 Å². The Morgan fingerprint density at radius 2 is 2.24 bits per heavy atom. The van der Waals surface area contributed by atoms with E-state index in [9.17, 15) is 14.7 Å². The summed E-state index contributed by atoms with van der Waals surface area (Å²) in [6.45, 7) is 1.22. The zero-order chi connectivity index (χ0) is 24.0. The van der Waals surface area contributed by atoms with Gasteiger partial charge in [-0.1, -0.05) is 29.3 Å². The lowest BCUT2D eigenvalue weighted by Crippen LogP contribution is -2.48. The lowest BCUT2D eigenvalue weighted by molar-refractivity contribution is -0.155. The number of amidine groups is 1. The Morgan fingerprint density at radius 3 is 2.91 bits per heavy atom. The van der Waals surface area contributed by atoms with Gasteiger partial charge in [0.05, 0.1) is 25.0 Å². The van der Waals surface area contributed by atoms with Crippen LogP contribution in [0, 0.1) is 5.41 Å². The zero-order valence-corrected chi connectivity index (χ0v) is 20.2. The number of aliphatic imine (C=N–C) groups is 1. The molecule has 0 aliphatic carbocycles. The highest BCUT2D eigenvalue weighted by Gasteiger charge is 2.35. The van der Waals surface area contributed by atoms with Crippen molar-refractivity contribution in [3.05, 3.63) is 45.1 Å². The second-order valence-electron chi connectivity index (χ2n) is 7.31. The summed E-state index contributed by atoms with van der Waals surface area (Å²) in [5, 5.41) is 20.6. The third-order valence-electron chi connectivity index (χ3n) is 5.09. The number of carboxylic acid groups (broad SMARTS) is 1. The SMILES string of the molecule is COC(=O)C1=C(CN2CCOC(C(=O)O)C2)NC(CSCC=N)=NC1c1ccc(Cl)cc1Cl. The second kappa shape index (κ2) is 11.8. The highest BCUT2D eigenvalue weighted by Crippen LogP contribution is 2.37. The van der Waals surface area contributed by atoms with Gasteiger partial charge in [-0.3, -0.25) is 9.89 Å². The van der Waals surface area contributed by atoms with Gasteiger partial charge in [0.15, 0.2) is 6.10 Å². The number of thioether (sulfide) groups is 1. The van der Waals surface area contributed by atoms with Gasteiger partial charge >= 0.3 is 11.9 Å². The van der Waals surface area contributed by atoms with Crippen LogP contribution in [0.4, 0.5) is 0 Å². The van der Waals surface area contributed by atoms with Crippen LogP contribution in [0.1, 0.15) is 11.6 Å². The van der Waals surface area contributed by atoms with Crippen LogP contribution in [0.5, 0.6) is 0 Å². The van der Waals surface area contributed by atoms with E-state index < -0.39 is 24.1 Å². The lowest BCUT2D eigenvalue weighted by Gasteiger charge is -2.34. The van der Waals surface area contributed by atoms with Crippen molar-refractivity contribution in [2.75, 3.05) is 44.9 Å². The Labute approximate surface area is 205 Å². The molecule has 12 heteroatoms. The number of halogens is 2. The number of nitrogens with zero attached hydrogens (tertiary/aromatic N) is 2. The number of methoxy groups -OCH3 is 1. The Morgan fingerprint density at radius 1 is 1.45 bits per heavy atom. The van der Waals surface area contributed by atoms with Gasteiger partial charge in [0.25, 0.3) is 0 Å². The smallest absolute Gasteiger partial charge is 0.338 e. The van der Waals surface area contributed by atoms with E-state index in [1.54, 1.807) is 18.2 Å². The molecule has 0 saturated carbocycles. The molecule has 1 fully saturated rings. The van der Waals surface area contributed by atoms with Crippen molar-refractivity contribution in [3.8, 4) is 0 Å². The van der Waals surface area contributed by atoms with Crippen molar-refractivity contribution in [2.45, 2.75) is 12.1 Å². The quantitative estimate of drug-likeness (QED) is 0.261. The van der Waals surface area contributed by atoms with E-state index in [1.165, 1.54) is 25.1 Å². The monoisotopic (exact) mass is 514 g/mol. The lowest BCUT2D eigenvalue weighted by atomic mass is 9.95. The minimum absolute atomic E-state index is 0.177. The second-order valence-corrected chi connectivity index (χ2v) is 9.18. The van der Waals surface area contributed by atoms with Gasteiger partial charge in [-0.2, -0.15) is 0 Å². The predicted molar refractivity (Wildman–Crippen MR) is 129 cm³/mol. The number of esters is 1. The summed E-state index contributed by atoms with van der Waals surface area (Å²) in [5.74, 6) is 0.0139. The normalized spacial score (nSPS) is 21.2. The molecule has 0 radical (unpaired) electrons. The highest BCUT2D eigenvalue weighted by molar-refractivity contribution is 8.00. The molecular weight excluding hydrogens is 491 g/mol. The first-order valence-electron chi connectivity index (χ1n) is 10.1. The number of hydrogen-bond donors (Lipinski definition) is 3. The molecule has 178 valence electrons. The number of rotatable bonds is 9. The van der Waals surface area contributed by atoms with Crippen LogP contribution < -0.4 is 5.32 Å². The van der Waals surface area contributed by atoms with Gasteiger partial charge in [0, 0.05) is 52.9 Å². The number of carbonyl (C=O) groups excluding carboxylic acids is 1. The minimum atomic E-state index is -1.03. The van der Waals surface area contributed by atoms with E-state index in [2.05, 4.69) is 5.32 Å².